The van der Waals surface area contributed by atoms with Crippen LogP contribution in [0.25, 0.3) is 0 Å². The molecule has 0 aliphatic carbocycles. The average molecular weight is 575 g/mol. The van der Waals surface area contributed by atoms with Gasteiger partial charge in [0, 0.05) is 43.8 Å². The Labute approximate surface area is 236 Å². The highest BCUT2D eigenvalue weighted by Gasteiger charge is 2.25. The normalized spacial score (nSPS) is 17.8. The quantitative estimate of drug-likeness (QED) is 0.494. The molecule has 2 bridgehead atoms. The molecule has 2 amide bonds. The third-order valence-corrected chi connectivity index (χ3v) is 6.85. The Balaban J connectivity index is 1.57. The van der Waals surface area contributed by atoms with Crippen LogP contribution in [0.5, 0.6) is 5.75 Å². The largest absolute Gasteiger partial charge is 0.491 e. The third kappa shape index (κ3) is 8.22. The number of nitrogens with one attached hydrogen (secondary N) is 2. The molecule has 0 spiro atoms. The molecule has 214 valence electrons. The molecule has 3 aromatic rings. The summed E-state index contributed by atoms with van der Waals surface area (Å²) < 4.78 is 35.1. The lowest BCUT2D eigenvalue weighted by atomic mass is 10.0. The van der Waals surface area contributed by atoms with E-state index in [1.807, 2.05) is 20.0 Å². The number of ether oxygens (including phenoxy) is 1. The molecule has 0 fully saturated rings. The maximum atomic E-state index is 14.1. The standard InChI is InChI=1S/C28H33ClF2N6O3/c1-18(2)13-25-28(39)32-8-10-36(16-19-3-4-21(31)15-24(19)29)9-7-22-17-37(35-34-22)11-12-40-26-6-5-20(30)14-23(26)27(38)33-25/h3-6,14-15,17-18,25H,7-13,16H2,1-2H3,(H,32,39)(H,33,38)/t25-/m1/s1. The number of fused-ring (bicyclic) bond motifs is 3. The summed E-state index contributed by atoms with van der Waals surface area (Å²) in [5, 5.41) is 14.4. The first-order valence-corrected chi connectivity index (χ1v) is 13.6. The maximum Gasteiger partial charge on any atom is 0.255 e. The molecule has 1 aliphatic rings. The zero-order chi connectivity index (χ0) is 28.6. The fraction of sp³-hybridized carbons (Fsp3) is 0.429. The minimum Gasteiger partial charge on any atom is -0.491 e. The number of carbonyl (C=O) groups is 2. The molecule has 2 N–H and O–H groups in total. The second kappa shape index (κ2) is 13.7. The van der Waals surface area contributed by atoms with Crippen LogP contribution in [-0.4, -0.2) is 64.0 Å². The maximum absolute atomic E-state index is 14.1. The van der Waals surface area contributed by atoms with Gasteiger partial charge in [0.2, 0.25) is 5.91 Å². The second-order valence-corrected chi connectivity index (χ2v) is 10.6. The minimum absolute atomic E-state index is 0.00398. The van der Waals surface area contributed by atoms with Crippen molar-refractivity contribution in [2.45, 2.75) is 45.8 Å². The van der Waals surface area contributed by atoms with Crippen molar-refractivity contribution in [3.05, 3.63) is 76.1 Å². The average Bonchev–Trinajstić information content (AvgIpc) is 3.35. The molecule has 1 aromatic heterocycles. The molecule has 0 saturated heterocycles. The number of carbonyl (C=O) groups excluding carboxylic acids is 2. The topological polar surface area (TPSA) is 101 Å². The van der Waals surface area contributed by atoms with Gasteiger partial charge in [0.1, 0.15) is 30.0 Å². The van der Waals surface area contributed by atoms with Gasteiger partial charge < -0.3 is 15.4 Å². The number of amides is 2. The zero-order valence-corrected chi connectivity index (χ0v) is 23.3. The first-order valence-electron chi connectivity index (χ1n) is 13.2. The summed E-state index contributed by atoms with van der Waals surface area (Å²) in [5.74, 6) is -1.63. The van der Waals surface area contributed by atoms with Crippen LogP contribution in [0.2, 0.25) is 5.02 Å². The van der Waals surface area contributed by atoms with E-state index in [4.69, 9.17) is 16.3 Å². The van der Waals surface area contributed by atoms with E-state index in [0.29, 0.717) is 50.6 Å². The van der Waals surface area contributed by atoms with E-state index in [0.717, 1.165) is 17.3 Å². The molecular weight excluding hydrogens is 542 g/mol. The first-order chi connectivity index (χ1) is 19.2. The number of aromatic nitrogens is 3. The van der Waals surface area contributed by atoms with Crippen molar-refractivity contribution in [3.63, 3.8) is 0 Å². The van der Waals surface area contributed by atoms with Crippen LogP contribution in [-0.2, 0) is 24.3 Å². The van der Waals surface area contributed by atoms with Crippen molar-refractivity contribution in [2.75, 3.05) is 26.2 Å². The summed E-state index contributed by atoms with van der Waals surface area (Å²) in [4.78, 5) is 28.4. The van der Waals surface area contributed by atoms with E-state index in [1.165, 1.54) is 24.3 Å². The van der Waals surface area contributed by atoms with E-state index >= 15 is 0 Å². The van der Waals surface area contributed by atoms with E-state index in [2.05, 4.69) is 25.8 Å². The molecule has 2 heterocycles. The second-order valence-electron chi connectivity index (χ2n) is 10.2. The molecule has 4 rings (SSSR count). The summed E-state index contributed by atoms with van der Waals surface area (Å²) in [6.45, 7) is 6.21. The molecule has 1 atom stereocenters. The Morgan fingerprint density at radius 3 is 2.65 bits per heavy atom. The SMILES string of the molecule is CC(C)C[C@H]1NC(=O)c2cc(F)ccc2OCCn2cc(nn2)CCN(Cc2ccc(F)cc2Cl)CCNC1=O. The van der Waals surface area contributed by atoms with Gasteiger partial charge in [-0.25, -0.2) is 13.5 Å². The van der Waals surface area contributed by atoms with Gasteiger partial charge in [0.25, 0.3) is 5.91 Å². The van der Waals surface area contributed by atoms with Gasteiger partial charge in [-0.3, -0.25) is 14.5 Å². The van der Waals surface area contributed by atoms with E-state index in [1.54, 1.807) is 10.7 Å². The van der Waals surface area contributed by atoms with E-state index < -0.39 is 23.6 Å². The van der Waals surface area contributed by atoms with Crippen molar-refractivity contribution >= 4 is 23.4 Å². The minimum atomic E-state index is -0.827. The van der Waals surface area contributed by atoms with Gasteiger partial charge in [-0.05, 0) is 48.2 Å². The lowest BCUT2D eigenvalue weighted by molar-refractivity contribution is -0.123. The summed E-state index contributed by atoms with van der Waals surface area (Å²) in [5.41, 5.74) is 1.52. The fourth-order valence-electron chi connectivity index (χ4n) is 4.45. The lowest BCUT2D eigenvalue weighted by Gasteiger charge is -2.24. The molecule has 12 heteroatoms. The van der Waals surface area contributed by atoms with E-state index in [-0.39, 0.29) is 29.7 Å². The Morgan fingerprint density at radius 2 is 1.88 bits per heavy atom. The van der Waals surface area contributed by atoms with Crippen molar-refractivity contribution < 1.29 is 23.1 Å². The van der Waals surface area contributed by atoms with Crippen molar-refractivity contribution in [1.82, 2.24) is 30.5 Å². The van der Waals surface area contributed by atoms with Gasteiger partial charge in [0.05, 0.1) is 17.8 Å². The van der Waals surface area contributed by atoms with Crippen molar-refractivity contribution in [2.24, 2.45) is 5.92 Å². The summed E-state index contributed by atoms with van der Waals surface area (Å²) >= 11 is 6.28. The molecule has 1 aliphatic heterocycles. The van der Waals surface area contributed by atoms with Crippen LogP contribution in [0.4, 0.5) is 8.78 Å². The van der Waals surface area contributed by atoms with Crippen LogP contribution < -0.4 is 15.4 Å². The number of nitrogens with zero attached hydrogens (tertiary/aromatic N) is 4. The number of rotatable bonds is 4. The Bertz CT molecular complexity index is 1340. The van der Waals surface area contributed by atoms with Crippen LogP contribution >= 0.6 is 11.6 Å². The molecule has 2 aromatic carbocycles. The fourth-order valence-corrected chi connectivity index (χ4v) is 4.68. The van der Waals surface area contributed by atoms with Crippen molar-refractivity contribution in [1.29, 1.82) is 0 Å². The Hall–Kier alpha value is -3.57. The number of halogens is 3. The third-order valence-electron chi connectivity index (χ3n) is 6.50. The molecule has 40 heavy (non-hydrogen) atoms. The summed E-state index contributed by atoms with van der Waals surface area (Å²) in [6, 6.07) is 7.17. The summed E-state index contributed by atoms with van der Waals surface area (Å²) in [7, 11) is 0. The number of hydrogen-bond acceptors (Lipinski definition) is 6. The number of hydrogen-bond donors (Lipinski definition) is 2. The summed E-state index contributed by atoms with van der Waals surface area (Å²) in [6.07, 6.45) is 2.79. The van der Waals surface area contributed by atoms with Gasteiger partial charge in [0.15, 0.2) is 0 Å². The Morgan fingerprint density at radius 1 is 1.10 bits per heavy atom. The zero-order valence-electron chi connectivity index (χ0n) is 22.5. The molecule has 0 saturated carbocycles. The van der Waals surface area contributed by atoms with Gasteiger partial charge >= 0.3 is 0 Å². The molecule has 0 radical (unpaired) electrons. The number of benzene rings is 2. The smallest absolute Gasteiger partial charge is 0.255 e. The van der Waals surface area contributed by atoms with Gasteiger partial charge in [-0.1, -0.05) is 36.7 Å². The monoisotopic (exact) mass is 574 g/mol. The van der Waals surface area contributed by atoms with Crippen LogP contribution in [0.1, 0.15) is 41.9 Å². The highest BCUT2D eigenvalue weighted by Crippen LogP contribution is 2.21. The van der Waals surface area contributed by atoms with Gasteiger partial charge in [-0.2, -0.15) is 0 Å². The highest BCUT2D eigenvalue weighted by atomic mass is 35.5. The first kappa shape index (κ1) is 29.4. The van der Waals surface area contributed by atoms with Crippen LogP contribution in [0, 0.1) is 17.6 Å². The highest BCUT2D eigenvalue weighted by molar-refractivity contribution is 6.31. The molecule has 9 nitrogen and oxygen atoms in total. The van der Waals surface area contributed by atoms with E-state index in [9.17, 15) is 18.4 Å². The molecular formula is C28H33ClF2N6O3. The predicted octanol–water partition coefficient (Wildman–Crippen LogP) is 3.61. The van der Waals surface area contributed by atoms with Crippen LogP contribution in [0.15, 0.2) is 42.6 Å². The lowest BCUT2D eigenvalue weighted by Crippen LogP contribution is -2.49. The van der Waals surface area contributed by atoms with Crippen molar-refractivity contribution in [3.8, 4) is 5.75 Å². The molecule has 0 unspecified atom stereocenters. The Kier molecular flexibility index (Phi) is 10.1. The van der Waals surface area contributed by atoms with Gasteiger partial charge in [-0.15, -0.1) is 5.10 Å². The van der Waals surface area contributed by atoms with Crippen LogP contribution in [0.3, 0.4) is 0 Å². The predicted molar refractivity (Wildman–Crippen MR) is 146 cm³/mol.